The van der Waals surface area contributed by atoms with E-state index in [4.69, 9.17) is 0 Å². The maximum absolute atomic E-state index is 12.2. The maximum atomic E-state index is 12.2. The van der Waals surface area contributed by atoms with Gasteiger partial charge in [0, 0.05) is 37.9 Å². The van der Waals surface area contributed by atoms with Crippen LogP contribution in [0, 0.1) is 0 Å². The Bertz CT molecular complexity index is 872. The molecule has 0 radical (unpaired) electrons. The van der Waals surface area contributed by atoms with Gasteiger partial charge in [0.2, 0.25) is 10.0 Å². The van der Waals surface area contributed by atoms with E-state index in [2.05, 4.69) is 35.4 Å². The molecule has 0 fully saturated rings. The third-order valence-electron chi connectivity index (χ3n) is 4.11. The number of fused-ring (bicyclic) bond motifs is 1. The molecule has 2 aromatic heterocycles. The number of aromatic nitrogens is 4. The van der Waals surface area contributed by atoms with Crippen molar-refractivity contribution in [2.24, 2.45) is 4.99 Å². The molecule has 2 aromatic rings. The molecule has 0 amide bonds. The third kappa shape index (κ3) is 6.10. The number of nitrogens with zero attached hydrogens (tertiary/aromatic N) is 5. The first kappa shape index (κ1) is 22.5. The van der Waals surface area contributed by atoms with Gasteiger partial charge in [-0.05, 0) is 25.5 Å². The molecule has 1 unspecified atom stereocenters. The van der Waals surface area contributed by atoms with Crippen LogP contribution in [0.3, 0.4) is 0 Å². The number of aliphatic imine (C=N–C) groups is 1. The van der Waals surface area contributed by atoms with Crippen LogP contribution in [-0.2, 0) is 23.0 Å². The molecule has 3 heterocycles. The Hall–Kier alpha value is -1.80. The van der Waals surface area contributed by atoms with Gasteiger partial charge in [-0.2, -0.15) is 5.10 Å². The van der Waals surface area contributed by atoms with Crippen LogP contribution < -0.4 is 15.4 Å². The number of aryl methyl sites for hydroxylation is 1. The van der Waals surface area contributed by atoms with Gasteiger partial charge in [0.25, 0.3) is 0 Å². The van der Waals surface area contributed by atoms with Crippen LogP contribution >= 0.6 is 24.0 Å². The maximum Gasteiger partial charge on any atom is 0.242 e. The van der Waals surface area contributed by atoms with E-state index in [9.17, 15) is 8.42 Å². The van der Waals surface area contributed by atoms with Crippen LogP contribution in [0.15, 0.2) is 40.7 Å². The lowest BCUT2D eigenvalue weighted by molar-refractivity contribution is 0.393. The van der Waals surface area contributed by atoms with E-state index in [1.807, 2.05) is 11.6 Å². The van der Waals surface area contributed by atoms with Crippen LogP contribution in [0.5, 0.6) is 0 Å². The predicted octanol–water partition coefficient (Wildman–Crippen LogP) is 0.140. The van der Waals surface area contributed by atoms with Gasteiger partial charge >= 0.3 is 0 Å². The summed E-state index contributed by atoms with van der Waals surface area (Å²) in [5.74, 6) is 1.66. The van der Waals surface area contributed by atoms with E-state index in [-0.39, 0.29) is 41.5 Å². The Labute approximate surface area is 181 Å². The molecule has 28 heavy (non-hydrogen) atoms. The molecule has 0 saturated heterocycles. The highest BCUT2D eigenvalue weighted by molar-refractivity contribution is 14.0. The molecule has 3 N–H and O–H groups in total. The minimum Gasteiger partial charge on any atom is -0.357 e. The smallest absolute Gasteiger partial charge is 0.242 e. The lowest BCUT2D eigenvalue weighted by Gasteiger charge is -2.25. The molecule has 1 atom stereocenters. The number of guanidine groups is 1. The second kappa shape index (κ2) is 10.7. The molecule has 0 aliphatic carbocycles. The average Bonchev–Trinajstić information content (AvgIpc) is 3.14. The van der Waals surface area contributed by atoms with Crippen molar-refractivity contribution in [3.63, 3.8) is 0 Å². The van der Waals surface area contributed by atoms with Crippen LogP contribution in [0.2, 0.25) is 0 Å². The Kier molecular flexibility index (Phi) is 8.57. The third-order valence-corrected chi connectivity index (χ3v) is 5.56. The first-order chi connectivity index (χ1) is 13.1. The monoisotopic (exact) mass is 520 g/mol. The zero-order valence-corrected chi connectivity index (χ0v) is 18.7. The molecule has 154 valence electrons. The van der Waals surface area contributed by atoms with Gasteiger partial charge in [0.15, 0.2) is 5.96 Å². The molecule has 0 saturated carbocycles. The molecule has 3 rings (SSSR count). The summed E-state index contributed by atoms with van der Waals surface area (Å²) >= 11 is 0. The highest BCUT2D eigenvalue weighted by Gasteiger charge is 2.20. The summed E-state index contributed by atoms with van der Waals surface area (Å²) in [5, 5.41) is 10.8. The van der Waals surface area contributed by atoms with E-state index in [0.29, 0.717) is 19.0 Å². The van der Waals surface area contributed by atoms with Crippen molar-refractivity contribution in [2.45, 2.75) is 37.2 Å². The Morgan fingerprint density at radius 1 is 1.43 bits per heavy atom. The van der Waals surface area contributed by atoms with Gasteiger partial charge in [0.1, 0.15) is 17.0 Å². The fraction of sp³-hybridized carbons (Fsp3) is 0.500. The normalized spacial score (nSPS) is 16.8. The lowest BCUT2D eigenvalue weighted by atomic mass is 10.1. The minimum atomic E-state index is -3.57. The van der Waals surface area contributed by atoms with E-state index in [0.717, 1.165) is 25.2 Å². The number of nitrogens with one attached hydrogen (secondary N) is 3. The van der Waals surface area contributed by atoms with Crippen molar-refractivity contribution in [1.82, 2.24) is 35.1 Å². The number of halogens is 1. The Morgan fingerprint density at radius 2 is 2.29 bits per heavy atom. The summed E-state index contributed by atoms with van der Waals surface area (Å²) in [4.78, 5) is 12.7. The highest BCUT2D eigenvalue weighted by Crippen LogP contribution is 2.11. The van der Waals surface area contributed by atoms with Crippen molar-refractivity contribution in [1.29, 1.82) is 0 Å². The van der Waals surface area contributed by atoms with E-state index in [1.165, 1.54) is 18.5 Å². The van der Waals surface area contributed by atoms with Crippen LogP contribution in [-0.4, -0.2) is 59.8 Å². The van der Waals surface area contributed by atoms with Gasteiger partial charge in [-0.3, -0.25) is 9.98 Å². The van der Waals surface area contributed by atoms with Gasteiger partial charge in [-0.15, -0.1) is 24.0 Å². The zero-order chi connectivity index (χ0) is 19.1. The van der Waals surface area contributed by atoms with Crippen molar-refractivity contribution >= 4 is 40.0 Å². The van der Waals surface area contributed by atoms with Gasteiger partial charge in [-0.1, -0.05) is 0 Å². The summed E-state index contributed by atoms with van der Waals surface area (Å²) in [7, 11) is -3.57. The largest absolute Gasteiger partial charge is 0.357 e. The summed E-state index contributed by atoms with van der Waals surface area (Å²) in [5.41, 5.74) is 0. The van der Waals surface area contributed by atoms with Gasteiger partial charge in [0.05, 0.1) is 13.1 Å². The molecule has 12 heteroatoms. The summed E-state index contributed by atoms with van der Waals surface area (Å²) in [6.07, 6.45) is 6.23. The zero-order valence-electron chi connectivity index (χ0n) is 15.6. The van der Waals surface area contributed by atoms with Gasteiger partial charge < -0.3 is 10.6 Å². The number of hydrogen-bond donors (Lipinski definition) is 3. The van der Waals surface area contributed by atoms with Crippen LogP contribution in [0.25, 0.3) is 0 Å². The molecule has 10 nitrogen and oxygen atoms in total. The first-order valence-electron chi connectivity index (χ1n) is 8.89. The van der Waals surface area contributed by atoms with E-state index >= 15 is 0 Å². The fourth-order valence-electron chi connectivity index (χ4n) is 2.81. The quantitative estimate of drug-likeness (QED) is 0.205. The predicted molar refractivity (Wildman–Crippen MR) is 116 cm³/mol. The SMILES string of the molecule is CCNC(=NCCNS(=O)(=O)c1cccnc1)NC1CCc2ncnn2C1.I. The second-order valence-electron chi connectivity index (χ2n) is 6.09. The number of hydrogen-bond acceptors (Lipinski definition) is 6. The number of rotatable bonds is 7. The summed E-state index contributed by atoms with van der Waals surface area (Å²) in [6.45, 7) is 3.95. The molecular formula is C16H25IN8O2S. The lowest BCUT2D eigenvalue weighted by Crippen LogP contribution is -2.47. The van der Waals surface area contributed by atoms with Crippen molar-refractivity contribution in [2.75, 3.05) is 19.6 Å². The standard InChI is InChI=1S/C16H24N8O2S.HI/c1-2-18-16(23-13-5-6-15-20-12-21-24(15)11-13)19-8-9-22-27(25,26)14-4-3-7-17-10-14;/h3-4,7,10,12-13,22H,2,5-6,8-9,11H2,1H3,(H2,18,19,23);1H. The fourth-order valence-corrected chi connectivity index (χ4v) is 3.79. The molecule has 0 aromatic carbocycles. The Balaban J connectivity index is 0.00000280. The van der Waals surface area contributed by atoms with Crippen LogP contribution in [0.4, 0.5) is 0 Å². The van der Waals surface area contributed by atoms with E-state index < -0.39 is 10.0 Å². The van der Waals surface area contributed by atoms with Crippen molar-refractivity contribution in [3.8, 4) is 0 Å². The molecule has 1 aliphatic rings. The number of sulfonamides is 1. The van der Waals surface area contributed by atoms with Crippen molar-refractivity contribution in [3.05, 3.63) is 36.7 Å². The average molecular weight is 520 g/mol. The molecule has 1 aliphatic heterocycles. The number of pyridine rings is 1. The summed E-state index contributed by atoms with van der Waals surface area (Å²) < 4.78 is 28.8. The molecular weight excluding hydrogens is 495 g/mol. The highest BCUT2D eigenvalue weighted by atomic mass is 127. The molecule has 0 spiro atoms. The van der Waals surface area contributed by atoms with Crippen LogP contribution in [0.1, 0.15) is 19.2 Å². The minimum absolute atomic E-state index is 0. The molecule has 0 bridgehead atoms. The topological polar surface area (TPSA) is 126 Å². The van der Waals surface area contributed by atoms with Crippen molar-refractivity contribution < 1.29 is 8.42 Å². The Morgan fingerprint density at radius 3 is 3.04 bits per heavy atom. The first-order valence-corrected chi connectivity index (χ1v) is 10.4. The van der Waals surface area contributed by atoms with E-state index in [1.54, 1.807) is 12.4 Å². The summed E-state index contributed by atoms with van der Waals surface area (Å²) in [6, 6.07) is 3.29. The van der Waals surface area contributed by atoms with Gasteiger partial charge in [-0.25, -0.2) is 22.8 Å². The second-order valence-corrected chi connectivity index (χ2v) is 7.85.